The molecule has 0 saturated carbocycles. The Morgan fingerprint density at radius 1 is 0.481 bits per heavy atom. The first-order chi connectivity index (χ1) is 39.0. The van der Waals surface area contributed by atoms with Crippen LogP contribution in [0.3, 0.4) is 0 Å². The number of hydrogen-bond donors (Lipinski definition) is 0. The molecule has 0 amide bonds. The smallest absolute Gasteiger partial charge is 0.164 e. The van der Waals surface area contributed by atoms with Gasteiger partial charge in [0, 0.05) is 33.2 Å². The minimum atomic E-state index is -0.663. The van der Waals surface area contributed by atoms with Gasteiger partial charge >= 0.3 is 0 Å². The van der Waals surface area contributed by atoms with Crippen LogP contribution in [0.25, 0.3) is 88.7 Å². The Morgan fingerprint density at radius 3 is 1.68 bits per heavy atom. The lowest BCUT2D eigenvalue weighted by Crippen LogP contribution is -2.26. The normalized spacial score (nSPS) is 16.6. The number of hydrogen-bond acceptors (Lipinski definition) is 4. The van der Waals surface area contributed by atoms with Gasteiger partial charge in [0.1, 0.15) is 0 Å². The van der Waals surface area contributed by atoms with Gasteiger partial charge in [-0.25, -0.2) is 24.9 Å². The maximum atomic E-state index is 5.49. The van der Waals surface area contributed by atoms with Gasteiger partial charge in [-0.3, -0.25) is 4.99 Å². The van der Waals surface area contributed by atoms with Gasteiger partial charge in [-0.2, -0.15) is 0 Å². The largest absolute Gasteiger partial charge is 0.261 e. The molecule has 1 aromatic heterocycles. The van der Waals surface area contributed by atoms with Gasteiger partial charge in [-0.1, -0.05) is 250 Å². The van der Waals surface area contributed by atoms with Crippen LogP contribution >= 0.6 is 0 Å². The van der Waals surface area contributed by atoms with Crippen LogP contribution < -0.4 is 0 Å². The second-order valence-corrected chi connectivity index (χ2v) is 21.2. The maximum Gasteiger partial charge on any atom is 0.164 e. The highest BCUT2D eigenvalue weighted by Gasteiger charge is 2.52. The van der Waals surface area contributed by atoms with E-state index in [-0.39, 0.29) is 5.41 Å². The van der Waals surface area contributed by atoms with Gasteiger partial charge in [0.15, 0.2) is 29.1 Å². The van der Waals surface area contributed by atoms with E-state index in [4.69, 9.17) is 24.9 Å². The number of amidine groups is 2. The number of fused-ring (bicyclic) bond motifs is 14. The van der Waals surface area contributed by atoms with E-state index in [0.717, 1.165) is 72.1 Å². The molecule has 4 aliphatic rings. The Hall–Kier alpha value is -10.0. The van der Waals surface area contributed by atoms with Crippen LogP contribution in [-0.2, 0) is 12.0 Å². The molecule has 0 N–H and O–H groups in total. The van der Waals surface area contributed by atoms with E-state index in [1.807, 2.05) is 0 Å². The highest BCUT2D eigenvalue weighted by atomic mass is 15.0. The van der Waals surface area contributed by atoms with Gasteiger partial charge in [0.25, 0.3) is 0 Å². The van der Waals surface area contributed by atoms with Crippen LogP contribution in [0.1, 0.15) is 46.7 Å². The molecule has 4 aliphatic carbocycles. The number of nitrogens with zero attached hydrogens (tertiary/aromatic N) is 6. The molecular formula is C73H50N6. The average molecular weight is 1010 g/mol. The molecule has 11 aromatic rings. The van der Waals surface area contributed by atoms with Crippen LogP contribution in [0.4, 0.5) is 0 Å². The van der Waals surface area contributed by atoms with Gasteiger partial charge in [0.2, 0.25) is 0 Å². The van der Waals surface area contributed by atoms with Crippen molar-refractivity contribution in [1.82, 2.24) is 15.0 Å². The molecule has 1 heterocycles. The molecule has 6 heteroatoms. The Bertz CT molecular complexity index is 4450. The summed E-state index contributed by atoms with van der Waals surface area (Å²) < 4.78 is 0. The lowest BCUT2D eigenvalue weighted by molar-refractivity contribution is 0.523. The molecule has 1 unspecified atom stereocenters. The van der Waals surface area contributed by atoms with E-state index in [9.17, 15) is 0 Å². The van der Waals surface area contributed by atoms with Crippen LogP contribution in [0.2, 0.25) is 0 Å². The first-order valence-corrected chi connectivity index (χ1v) is 27.0. The van der Waals surface area contributed by atoms with Crippen LogP contribution in [0.5, 0.6) is 0 Å². The van der Waals surface area contributed by atoms with Gasteiger partial charge < -0.3 is 0 Å². The fourth-order valence-electron chi connectivity index (χ4n) is 13.0. The van der Waals surface area contributed by atoms with Gasteiger partial charge in [-0.05, 0) is 107 Å². The lowest BCUT2D eigenvalue weighted by Gasteiger charge is -2.34. The standard InChI is InChI=1S/C73H50N6/c1-72-41-14-13-34-62(72)61(33-18-42-72)68(74-2)78-69(58-30-15-22-47-19-3-6-25-51(47)58)75-45-46-37-39-56-57-40-38-50(44-66(57)73(65(56)43-46)63-35-11-9-28-54(63)55-29-10-12-36-64(55)73)67-76-70(59-31-16-23-48-20-4-7-26-52(48)59)79-71(77-67)60-32-17-24-49-21-5-8-27-53(49)60/h3-40,42-44H,2,41,45H2,1H3. The van der Waals surface area contributed by atoms with Crippen molar-refractivity contribution in [3.63, 3.8) is 0 Å². The number of aromatic nitrogens is 3. The molecule has 372 valence electrons. The lowest BCUT2D eigenvalue weighted by atomic mass is 9.70. The minimum Gasteiger partial charge on any atom is -0.261 e. The van der Waals surface area contributed by atoms with Gasteiger partial charge in [-0.15, -0.1) is 0 Å². The topological polar surface area (TPSA) is 75.8 Å². The summed E-state index contributed by atoms with van der Waals surface area (Å²) in [5, 5.41) is 6.62. The maximum absolute atomic E-state index is 5.49. The third kappa shape index (κ3) is 7.32. The summed E-state index contributed by atoms with van der Waals surface area (Å²) in [6.07, 6.45) is 13.9. The first-order valence-electron chi connectivity index (χ1n) is 27.0. The highest BCUT2D eigenvalue weighted by Crippen LogP contribution is 2.63. The number of aliphatic imine (C=N–C) groups is 3. The van der Waals surface area contributed by atoms with Gasteiger partial charge in [0.05, 0.1) is 12.0 Å². The van der Waals surface area contributed by atoms with E-state index in [0.29, 0.717) is 35.7 Å². The predicted molar refractivity (Wildman–Crippen MR) is 326 cm³/mol. The van der Waals surface area contributed by atoms with Crippen molar-refractivity contribution in [1.29, 1.82) is 0 Å². The molecule has 0 bridgehead atoms. The molecule has 15 rings (SSSR count). The summed E-state index contributed by atoms with van der Waals surface area (Å²) in [5.41, 5.74) is 15.8. The Morgan fingerprint density at radius 2 is 1.01 bits per heavy atom. The van der Waals surface area contributed by atoms with E-state index in [1.165, 1.54) is 50.1 Å². The summed E-state index contributed by atoms with van der Waals surface area (Å²) in [6, 6.07) is 76.0. The predicted octanol–water partition coefficient (Wildman–Crippen LogP) is 17.1. The van der Waals surface area contributed by atoms with Crippen molar-refractivity contribution < 1.29 is 0 Å². The summed E-state index contributed by atoms with van der Waals surface area (Å²) in [6.45, 7) is 6.73. The van der Waals surface area contributed by atoms with E-state index < -0.39 is 5.41 Å². The van der Waals surface area contributed by atoms with Crippen molar-refractivity contribution in [2.45, 2.75) is 25.3 Å². The molecule has 0 fully saturated rings. The Kier molecular flexibility index (Phi) is 10.7. The number of rotatable bonds is 7. The number of allylic oxidation sites excluding steroid dienone is 6. The summed E-state index contributed by atoms with van der Waals surface area (Å²) in [4.78, 5) is 31.7. The second kappa shape index (κ2) is 18.3. The fraction of sp³-hybridized carbons (Fsp3) is 0.0685. The zero-order valence-corrected chi connectivity index (χ0v) is 43.5. The van der Waals surface area contributed by atoms with Crippen molar-refractivity contribution in [2.24, 2.45) is 20.4 Å². The second-order valence-electron chi connectivity index (χ2n) is 21.2. The molecule has 1 atom stereocenters. The van der Waals surface area contributed by atoms with Crippen molar-refractivity contribution >= 4 is 50.7 Å². The quantitative estimate of drug-likeness (QED) is 0.118. The molecule has 6 nitrogen and oxygen atoms in total. The molecule has 10 aromatic carbocycles. The minimum absolute atomic E-state index is 0.163. The third-order valence-electron chi connectivity index (χ3n) is 16.7. The summed E-state index contributed by atoms with van der Waals surface area (Å²) >= 11 is 0. The zero-order chi connectivity index (χ0) is 52.7. The SMILES string of the molecule is C=NC(=NC(=NCc1ccc2c(c1)C1(c3ccccc3-c3ccccc31)c1cc(-c3nc(-c4cccc5ccccc45)nc(-c4cccc5ccccc45)n3)ccc1-2)c1cccc2ccccc12)C1=CC=CC2(C)CC=CC=C12. The van der Waals surface area contributed by atoms with Crippen molar-refractivity contribution in [3.05, 3.63) is 293 Å². The third-order valence-corrected chi connectivity index (χ3v) is 16.7. The fourth-order valence-corrected chi connectivity index (χ4v) is 13.0. The first kappa shape index (κ1) is 46.3. The molecule has 0 radical (unpaired) electrons. The molecule has 0 aliphatic heterocycles. The highest BCUT2D eigenvalue weighted by molar-refractivity contribution is 6.18. The molecule has 79 heavy (non-hydrogen) atoms. The summed E-state index contributed by atoms with van der Waals surface area (Å²) in [7, 11) is 0. The Balaban J connectivity index is 0.912. The van der Waals surface area contributed by atoms with Crippen LogP contribution in [-0.4, -0.2) is 33.3 Å². The molecule has 1 spiro atoms. The van der Waals surface area contributed by atoms with E-state index in [1.54, 1.807) is 0 Å². The van der Waals surface area contributed by atoms with Crippen molar-refractivity contribution in [3.8, 4) is 56.4 Å². The molecular weight excluding hydrogens is 961 g/mol. The van der Waals surface area contributed by atoms with Crippen molar-refractivity contribution in [2.75, 3.05) is 0 Å². The van der Waals surface area contributed by atoms with Crippen LogP contribution in [0.15, 0.2) is 275 Å². The Labute approximate surface area is 458 Å². The monoisotopic (exact) mass is 1010 g/mol. The average Bonchev–Trinajstić information content (AvgIpc) is 3.35. The number of benzene rings is 10. The van der Waals surface area contributed by atoms with Crippen LogP contribution in [0, 0.1) is 5.41 Å². The van der Waals surface area contributed by atoms with E-state index in [2.05, 4.69) is 267 Å². The summed E-state index contributed by atoms with van der Waals surface area (Å²) in [5.74, 6) is 3.02. The molecule has 0 saturated heterocycles. The van der Waals surface area contributed by atoms with E-state index >= 15 is 0 Å². The zero-order valence-electron chi connectivity index (χ0n) is 43.5.